The fourth-order valence-corrected chi connectivity index (χ4v) is 1.10. The monoisotopic (exact) mass is 155 g/mol. The molecule has 3 heteroatoms. The molecule has 0 aliphatic carbocycles. The fourth-order valence-electron chi connectivity index (χ4n) is 1.10. The van der Waals surface area contributed by atoms with Gasteiger partial charge in [-0.05, 0) is 18.9 Å². The molecule has 1 fully saturated rings. The first kappa shape index (κ1) is 8.27. The van der Waals surface area contributed by atoms with E-state index in [2.05, 4.69) is 11.9 Å². The Kier molecular flexibility index (Phi) is 3.11. The van der Waals surface area contributed by atoms with Crippen molar-refractivity contribution < 1.29 is 9.53 Å². The number of hydrogen-bond acceptors (Lipinski definition) is 2. The molecule has 1 N–H and O–H groups in total. The zero-order chi connectivity index (χ0) is 8.10. The molecule has 1 heterocycles. The highest BCUT2D eigenvalue weighted by molar-refractivity contribution is 5.87. The van der Waals surface area contributed by atoms with Crippen molar-refractivity contribution in [1.82, 2.24) is 5.32 Å². The topological polar surface area (TPSA) is 38.3 Å². The third kappa shape index (κ3) is 2.72. The second-order valence-corrected chi connectivity index (χ2v) is 2.60. The van der Waals surface area contributed by atoms with E-state index in [0.717, 1.165) is 26.1 Å². The van der Waals surface area contributed by atoms with Crippen LogP contribution in [0.15, 0.2) is 12.7 Å². The molecular weight excluding hydrogens is 142 g/mol. The predicted octanol–water partition coefficient (Wildman–Crippen LogP) is 0.468. The third-order valence-corrected chi connectivity index (χ3v) is 1.75. The summed E-state index contributed by atoms with van der Waals surface area (Å²) < 4.78 is 5.14. The Balaban J connectivity index is 2.24. The van der Waals surface area contributed by atoms with Crippen molar-refractivity contribution in [2.45, 2.75) is 18.9 Å². The van der Waals surface area contributed by atoms with Gasteiger partial charge in [-0.3, -0.25) is 4.79 Å². The molecular formula is C8H13NO2. The quantitative estimate of drug-likeness (QED) is 0.588. The van der Waals surface area contributed by atoms with Crippen LogP contribution in [0.5, 0.6) is 0 Å². The lowest BCUT2D eigenvalue weighted by Gasteiger charge is -2.22. The summed E-state index contributed by atoms with van der Waals surface area (Å²) in [6.45, 7) is 4.89. The molecule has 0 spiro atoms. The maximum absolute atomic E-state index is 10.8. The first-order chi connectivity index (χ1) is 5.33. The Morgan fingerprint density at radius 1 is 1.55 bits per heavy atom. The Morgan fingerprint density at radius 2 is 2.18 bits per heavy atom. The van der Waals surface area contributed by atoms with E-state index in [9.17, 15) is 4.79 Å². The van der Waals surface area contributed by atoms with Gasteiger partial charge in [-0.2, -0.15) is 0 Å². The molecule has 1 rings (SSSR count). The highest BCUT2D eigenvalue weighted by atomic mass is 16.5. The largest absolute Gasteiger partial charge is 0.381 e. The van der Waals surface area contributed by atoms with Gasteiger partial charge in [0.25, 0.3) is 0 Å². The minimum Gasteiger partial charge on any atom is -0.381 e. The zero-order valence-electron chi connectivity index (χ0n) is 6.51. The molecule has 0 unspecified atom stereocenters. The molecule has 0 saturated carbocycles. The summed E-state index contributed by atoms with van der Waals surface area (Å²) in [4.78, 5) is 10.8. The molecule has 0 radical (unpaired) electrons. The summed E-state index contributed by atoms with van der Waals surface area (Å²) in [7, 11) is 0. The number of nitrogens with one attached hydrogen (secondary N) is 1. The zero-order valence-corrected chi connectivity index (χ0v) is 6.51. The number of rotatable bonds is 2. The van der Waals surface area contributed by atoms with Crippen molar-refractivity contribution >= 4 is 5.91 Å². The van der Waals surface area contributed by atoms with Crippen molar-refractivity contribution in [1.29, 1.82) is 0 Å². The van der Waals surface area contributed by atoms with E-state index >= 15 is 0 Å². The Hall–Kier alpha value is -0.830. The molecule has 1 aliphatic rings. The van der Waals surface area contributed by atoms with Gasteiger partial charge in [-0.15, -0.1) is 0 Å². The second-order valence-electron chi connectivity index (χ2n) is 2.60. The van der Waals surface area contributed by atoms with Gasteiger partial charge in [0.05, 0.1) is 0 Å². The molecule has 0 bridgehead atoms. The van der Waals surface area contributed by atoms with Crippen LogP contribution in [-0.2, 0) is 9.53 Å². The van der Waals surface area contributed by atoms with Gasteiger partial charge in [0.2, 0.25) is 5.91 Å². The van der Waals surface area contributed by atoms with Crippen LogP contribution in [0.1, 0.15) is 12.8 Å². The summed E-state index contributed by atoms with van der Waals surface area (Å²) in [6.07, 6.45) is 3.13. The van der Waals surface area contributed by atoms with Gasteiger partial charge in [0.1, 0.15) is 0 Å². The molecule has 0 atom stereocenters. The van der Waals surface area contributed by atoms with Crippen LogP contribution < -0.4 is 5.32 Å². The van der Waals surface area contributed by atoms with E-state index in [0.29, 0.717) is 0 Å². The minimum absolute atomic E-state index is 0.0862. The molecule has 62 valence electrons. The molecule has 1 aliphatic heterocycles. The first-order valence-electron chi connectivity index (χ1n) is 3.83. The molecule has 1 saturated heterocycles. The van der Waals surface area contributed by atoms with E-state index < -0.39 is 0 Å². The summed E-state index contributed by atoms with van der Waals surface area (Å²) in [5.74, 6) is -0.0862. The standard InChI is InChI=1S/C8H13NO2/c1-2-8(10)9-7-3-5-11-6-4-7/h2,7H,1,3-6H2,(H,9,10). The average molecular weight is 155 g/mol. The summed E-state index contributed by atoms with van der Waals surface area (Å²) in [6, 6.07) is 0.286. The van der Waals surface area contributed by atoms with Gasteiger partial charge < -0.3 is 10.1 Å². The van der Waals surface area contributed by atoms with Crippen LogP contribution in [0.3, 0.4) is 0 Å². The van der Waals surface area contributed by atoms with Crippen LogP contribution in [0.25, 0.3) is 0 Å². The highest BCUT2D eigenvalue weighted by Crippen LogP contribution is 2.05. The van der Waals surface area contributed by atoms with Crippen LogP contribution in [-0.4, -0.2) is 25.2 Å². The van der Waals surface area contributed by atoms with Crippen molar-refractivity contribution in [3.05, 3.63) is 12.7 Å². The molecule has 3 nitrogen and oxygen atoms in total. The Labute approximate surface area is 66.4 Å². The number of hydrogen-bond donors (Lipinski definition) is 1. The lowest BCUT2D eigenvalue weighted by Crippen LogP contribution is -2.37. The van der Waals surface area contributed by atoms with Crippen LogP contribution in [0, 0.1) is 0 Å². The minimum atomic E-state index is -0.0862. The van der Waals surface area contributed by atoms with Crippen LogP contribution in [0.4, 0.5) is 0 Å². The predicted molar refractivity (Wildman–Crippen MR) is 42.2 cm³/mol. The SMILES string of the molecule is C=CC(=O)NC1CCOCC1. The molecule has 0 aromatic rings. The van der Waals surface area contributed by atoms with Crippen molar-refractivity contribution in [2.24, 2.45) is 0 Å². The fraction of sp³-hybridized carbons (Fsp3) is 0.625. The average Bonchev–Trinajstić information content (AvgIpc) is 2.06. The summed E-state index contributed by atoms with van der Waals surface area (Å²) >= 11 is 0. The maximum Gasteiger partial charge on any atom is 0.243 e. The van der Waals surface area contributed by atoms with Gasteiger partial charge in [0, 0.05) is 19.3 Å². The number of amides is 1. The van der Waals surface area contributed by atoms with Gasteiger partial charge in [-0.25, -0.2) is 0 Å². The molecule has 11 heavy (non-hydrogen) atoms. The van der Waals surface area contributed by atoms with E-state index in [4.69, 9.17) is 4.74 Å². The lowest BCUT2D eigenvalue weighted by atomic mass is 10.1. The normalized spacial score (nSPS) is 19.3. The number of carbonyl (C=O) groups excluding carboxylic acids is 1. The van der Waals surface area contributed by atoms with Crippen molar-refractivity contribution in [2.75, 3.05) is 13.2 Å². The van der Waals surface area contributed by atoms with Gasteiger partial charge in [0.15, 0.2) is 0 Å². The second kappa shape index (κ2) is 4.13. The van der Waals surface area contributed by atoms with E-state index in [1.54, 1.807) is 0 Å². The van der Waals surface area contributed by atoms with Crippen LogP contribution >= 0.6 is 0 Å². The number of carbonyl (C=O) groups is 1. The Bertz CT molecular complexity index is 150. The van der Waals surface area contributed by atoms with Crippen molar-refractivity contribution in [3.63, 3.8) is 0 Å². The summed E-state index contributed by atoms with van der Waals surface area (Å²) in [5.41, 5.74) is 0. The first-order valence-corrected chi connectivity index (χ1v) is 3.83. The maximum atomic E-state index is 10.8. The molecule has 0 aromatic carbocycles. The van der Waals surface area contributed by atoms with Gasteiger partial charge in [-0.1, -0.05) is 6.58 Å². The number of ether oxygens (including phenoxy) is 1. The van der Waals surface area contributed by atoms with Crippen LogP contribution in [0.2, 0.25) is 0 Å². The van der Waals surface area contributed by atoms with E-state index in [1.807, 2.05) is 0 Å². The third-order valence-electron chi connectivity index (χ3n) is 1.75. The Morgan fingerprint density at radius 3 is 2.73 bits per heavy atom. The van der Waals surface area contributed by atoms with Crippen molar-refractivity contribution in [3.8, 4) is 0 Å². The van der Waals surface area contributed by atoms with Gasteiger partial charge >= 0.3 is 0 Å². The highest BCUT2D eigenvalue weighted by Gasteiger charge is 2.13. The summed E-state index contributed by atoms with van der Waals surface area (Å²) in [5, 5.41) is 2.83. The smallest absolute Gasteiger partial charge is 0.243 e. The van der Waals surface area contributed by atoms with E-state index in [1.165, 1.54) is 6.08 Å². The van der Waals surface area contributed by atoms with E-state index in [-0.39, 0.29) is 11.9 Å². The molecule has 1 amide bonds. The molecule has 0 aromatic heterocycles. The lowest BCUT2D eigenvalue weighted by molar-refractivity contribution is -0.117.